The molecule has 8 heteroatoms. The molecular formula is C9H7F4NO3. The van der Waals surface area contributed by atoms with E-state index in [0.29, 0.717) is 6.07 Å². The molecule has 1 aromatic carbocycles. The molecule has 0 aromatic heterocycles. The Labute approximate surface area is 92.3 Å². The van der Waals surface area contributed by atoms with Gasteiger partial charge in [-0.05, 0) is 12.1 Å². The second-order valence-electron chi connectivity index (χ2n) is 3.19. The zero-order valence-electron chi connectivity index (χ0n) is 8.12. The summed E-state index contributed by atoms with van der Waals surface area (Å²) in [6.45, 7) is 0. The van der Waals surface area contributed by atoms with Crippen molar-refractivity contribution in [2.75, 3.05) is 5.73 Å². The van der Waals surface area contributed by atoms with Crippen LogP contribution in [0.3, 0.4) is 0 Å². The summed E-state index contributed by atoms with van der Waals surface area (Å²) in [6, 6.07) is 0.580. The number of aliphatic carboxylic acids is 1. The highest BCUT2D eigenvalue weighted by Crippen LogP contribution is 2.37. The maximum Gasteiger partial charge on any atom is 0.418 e. The number of anilines is 1. The van der Waals surface area contributed by atoms with Crippen molar-refractivity contribution in [2.45, 2.75) is 12.3 Å². The van der Waals surface area contributed by atoms with Crippen molar-refractivity contribution < 1.29 is 32.6 Å². The van der Waals surface area contributed by atoms with Crippen molar-refractivity contribution in [3.63, 3.8) is 0 Å². The summed E-state index contributed by atoms with van der Waals surface area (Å²) in [5.74, 6) is -3.16. The molecule has 0 aliphatic carbocycles. The summed E-state index contributed by atoms with van der Waals surface area (Å²) in [4.78, 5) is 10.4. The van der Waals surface area contributed by atoms with E-state index in [1.807, 2.05) is 0 Å². The fraction of sp³-hybridized carbons (Fsp3) is 0.222. The molecule has 0 spiro atoms. The SMILES string of the molecule is Nc1c(C(O)C(=O)O)cc(F)cc1C(F)(F)F. The van der Waals surface area contributed by atoms with E-state index in [1.54, 1.807) is 0 Å². The molecule has 4 nitrogen and oxygen atoms in total. The number of halogens is 4. The standard InChI is InChI=1S/C9H7F4NO3/c10-3-1-4(7(15)8(16)17)6(14)5(2-3)9(11,12)13/h1-2,7,15H,14H2,(H,16,17). The lowest BCUT2D eigenvalue weighted by molar-refractivity contribution is -0.147. The number of hydrogen-bond donors (Lipinski definition) is 3. The number of benzene rings is 1. The van der Waals surface area contributed by atoms with Gasteiger partial charge in [-0.2, -0.15) is 13.2 Å². The summed E-state index contributed by atoms with van der Waals surface area (Å²) in [6.07, 6.45) is -7.24. The van der Waals surface area contributed by atoms with Gasteiger partial charge in [-0.1, -0.05) is 0 Å². The monoisotopic (exact) mass is 253 g/mol. The molecule has 0 bridgehead atoms. The summed E-state index contributed by atoms with van der Waals surface area (Å²) in [7, 11) is 0. The molecule has 4 N–H and O–H groups in total. The molecule has 94 valence electrons. The Bertz CT molecular complexity index is 458. The van der Waals surface area contributed by atoms with Crippen LogP contribution in [0.1, 0.15) is 17.2 Å². The maximum absolute atomic E-state index is 12.9. The van der Waals surface area contributed by atoms with Crippen LogP contribution in [0.5, 0.6) is 0 Å². The number of carbonyl (C=O) groups is 1. The van der Waals surface area contributed by atoms with Gasteiger partial charge in [-0.15, -0.1) is 0 Å². The van der Waals surface area contributed by atoms with Crippen molar-refractivity contribution >= 4 is 11.7 Å². The predicted octanol–water partition coefficient (Wildman–Crippen LogP) is 1.54. The third-order valence-corrected chi connectivity index (χ3v) is 2.01. The van der Waals surface area contributed by atoms with Crippen molar-refractivity contribution in [3.05, 3.63) is 29.1 Å². The van der Waals surface area contributed by atoms with Crippen LogP contribution in [0, 0.1) is 5.82 Å². The lowest BCUT2D eigenvalue weighted by Crippen LogP contribution is -2.17. The number of hydrogen-bond acceptors (Lipinski definition) is 3. The highest BCUT2D eigenvalue weighted by atomic mass is 19.4. The Morgan fingerprint density at radius 3 is 2.29 bits per heavy atom. The van der Waals surface area contributed by atoms with E-state index in [4.69, 9.17) is 15.9 Å². The molecule has 0 heterocycles. The van der Waals surface area contributed by atoms with Gasteiger partial charge < -0.3 is 15.9 Å². The minimum atomic E-state index is -4.93. The van der Waals surface area contributed by atoms with Gasteiger partial charge in [-0.25, -0.2) is 9.18 Å². The van der Waals surface area contributed by atoms with E-state index in [2.05, 4.69) is 0 Å². The zero-order valence-corrected chi connectivity index (χ0v) is 8.12. The van der Waals surface area contributed by atoms with Gasteiger partial charge >= 0.3 is 12.1 Å². The molecular weight excluding hydrogens is 246 g/mol. The number of alkyl halides is 3. The number of aliphatic hydroxyl groups is 1. The first-order chi connectivity index (χ1) is 7.64. The normalized spacial score (nSPS) is 13.5. The third-order valence-electron chi connectivity index (χ3n) is 2.01. The number of aliphatic hydroxyl groups excluding tert-OH is 1. The van der Waals surface area contributed by atoms with Gasteiger partial charge in [0.2, 0.25) is 0 Å². The second kappa shape index (κ2) is 4.21. The van der Waals surface area contributed by atoms with Crippen molar-refractivity contribution in [2.24, 2.45) is 0 Å². The molecule has 1 atom stereocenters. The Morgan fingerprint density at radius 2 is 1.88 bits per heavy atom. The first-order valence-electron chi connectivity index (χ1n) is 4.21. The predicted molar refractivity (Wildman–Crippen MR) is 48.4 cm³/mol. The summed E-state index contributed by atoms with van der Waals surface area (Å²) in [5.41, 5.74) is 1.71. The summed E-state index contributed by atoms with van der Waals surface area (Å²) >= 11 is 0. The molecule has 0 aliphatic heterocycles. The fourth-order valence-electron chi connectivity index (χ4n) is 1.23. The smallest absolute Gasteiger partial charge is 0.418 e. The molecule has 0 fully saturated rings. The van der Waals surface area contributed by atoms with Crippen molar-refractivity contribution in [3.8, 4) is 0 Å². The van der Waals surface area contributed by atoms with E-state index in [0.717, 1.165) is 0 Å². The average Bonchev–Trinajstić information content (AvgIpc) is 2.18. The molecule has 0 amide bonds. The number of nitrogens with two attached hydrogens (primary N) is 1. The molecule has 17 heavy (non-hydrogen) atoms. The van der Waals surface area contributed by atoms with Gasteiger partial charge in [0, 0.05) is 5.56 Å². The second-order valence-corrected chi connectivity index (χ2v) is 3.19. The van der Waals surface area contributed by atoms with Gasteiger partial charge in [0.05, 0.1) is 11.3 Å². The van der Waals surface area contributed by atoms with E-state index in [9.17, 15) is 22.4 Å². The number of carboxylic acids is 1. The Kier molecular flexibility index (Phi) is 3.28. The number of nitrogen functional groups attached to an aromatic ring is 1. The van der Waals surface area contributed by atoms with Gasteiger partial charge in [0.15, 0.2) is 6.10 Å². The Morgan fingerprint density at radius 1 is 1.35 bits per heavy atom. The molecule has 1 aromatic rings. The summed E-state index contributed by atoms with van der Waals surface area (Å²) in [5, 5.41) is 17.5. The van der Waals surface area contributed by atoms with Crippen LogP contribution in [0.25, 0.3) is 0 Å². The van der Waals surface area contributed by atoms with Crippen molar-refractivity contribution in [1.82, 2.24) is 0 Å². The first-order valence-corrected chi connectivity index (χ1v) is 4.21. The van der Waals surface area contributed by atoms with E-state index >= 15 is 0 Å². The van der Waals surface area contributed by atoms with Crippen LogP contribution in [0.15, 0.2) is 12.1 Å². The lowest BCUT2D eigenvalue weighted by atomic mass is 10.0. The van der Waals surface area contributed by atoms with Crippen LogP contribution >= 0.6 is 0 Å². The first kappa shape index (κ1) is 13.2. The van der Waals surface area contributed by atoms with Crippen LogP contribution in [0.2, 0.25) is 0 Å². The van der Waals surface area contributed by atoms with Crippen LogP contribution < -0.4 is 5.73 Å². The quantitative estimate of drug-likeness (QED) is 0.551. The summed E-state index contributed by atoms with van der Waals surface area (Å²) < 4.78 is 50.1. The van der Waals surface area contributed by atoms with Gasteiger partial charge in [0.25, 0.3) is 0 Å². The molecule has 0 aliphatic rings. The topological polar surface area (TPSA) is 83.5 Å². The highest BCUT2D eigenvalue weighted by molar-refractivity contribution is 5.77. The molecule has 0 radical (unpaired) electrons. The lowest BCUT2D eigenvalue weighted by Gasteiger charge is -2.15. The Hall–Kier alpha value is -1.83. The fourth-order valence-corrected chi connectivity index (χ4v) is 1.23. The van der Waals surface area contributed by atoms with Crippen LogP contribution in [-0.2, 0) is 11.0 Å². The molecule has 1 rings (SSSR count). The highest BCUT2D eigenvalue weighted by Gasteiger charge is 2.36. The zero-order chi connectivity index (χ0) is 13.4. The number of rotatable bonds is 2. The third kappa shape index (κ3) is 2.64. The van der Waals surface area contributed by atoms with E-state index < -0.39 is 40.9 Å². The minimum Gasteiger partial charge on any atom is -0.479 e. The van der Waals surface area contributed by atoms with E-state index in [-0.39, 0.29) is 6.07 Å². The molecule has 1 unspecified atom stereocenters. The maximum atomic E-state index is 12.9. The average molecular weight is 253 g/mol. The van der Waals surface area contributed by atoms with Gasteiger partial charge in [-0.3, -0.25) is 0 Å². The van der Waals surface area contributed by atoms with Crippen LogP contribution in [-0.4, -0.2) is 16.2 Å². The van der Waals surface area contributed by atoms with Crippen LogP contribution in [0.4, 0.5) is 23.2 Å². The Balaban J connectivity index is 3.44. The van der Waals surface area contributed by atoms with Crippen molar-refractivity contribution in [1.29, 1.82) is 0 Å². The molecule has 0 saturated carbocycles. The number of carboxylic acid groups (broad SMARTS) is 1. The largest absolute Gasteiger partial charge is 0.479 e. The minimum absolute atomic E-state index is 0.132. The molecule has 0 saturated heterocycles. The van der Waals surface area contributed by atoms with Gasteiger partial charge in [0.1, 0.15) is 5.82 Å². The van der Waals surface area contributed by atoms with E-state index in [1.165, 1.54) is 0 Å².